The summed E-state index contributed by atoms with van der Waals surface area (Å²) in [6.07, 6.45) is 8.58. The molecule has 0 fully saturated rings. The van der Waals surface area contributed by atoms with E-state index in [1.807, 2.05) is 98.8 Å². The third-order valence-corrected chi connectivity index (χ3v) is 16.3. The number of allylic oxidation sites excluding steroid dienone is 7. The Morgan fingerprint density at radius 2 is 1.34 bits per heavy atom. The molecular formula is C51H53F3N3O7S3+. The minimum atomic E-state index is -5.94. The van der Waals surface area contributed by atoms with E-state index < -0.39 is 52.9 Å². The van der Waals surface area contributed by atoms with Gasteiger partial charge in [0, 0.05) is 71.4 Å². The molecule has 1 N–H and O–H groups in total. The minimum Gasteiger partial charge on any atom is -0.344 e. The summed E-state index contributed by atoms with van der Waals surface area (Å²) in [5.74, 6) is -0.383. The largest absolute Gasteiger partial charge is 0.516 e. The molecule has 1 aliphatic carbocycles. The van der Waals surface area contributed by atoms with Crippen molar-refractivity contribution < 1.29 is 47.6 Å². The molecule has 0 saturated carbocycles. The van der Waals surface area contributed by atoms with Crippen molar-refractivity contribution in [2.24, 2.45) is 0 Å². The number of benzene rings is 5. The Labute approximate surface area is 391 Å². The van der Waals surface area contributed by atoms with Gasteiger partial charge in [0.15, 0.2) is 5.71 Å². The Morgan fingerprint density at radius 1 is 0.731 bits per heavy atom. The van der Waals surface area contributed by atoms with Crippen molar-refractivity contribution in [1.29, 1.82) is 0 Å². The van der Waals surface area contributed by atoms with Crippen molar-refractivity contribution in [2.45, 2.75) is 69.7 Å². The lowest BCUT2D eigenvalue weighted by molar-refractivity contribution is -0.438. The van der Waals surface area contributed by atoms with E-state index in [1.165, 1.54) is 0 Å². The van der Waals surface area contributed by atoms with Gasteiger partial charge in [-0.1, -0.05) is 98.8 Å². The molecule has 3 aliphatic rings. The molecule has 352 valence electrons. The van der Waals surface area contributed by atoms with E-state index in [-0.39, 0.29) is 29.0 Å². The number of hydrogen-bond acceptors (Lipinski definition) is 7. The smallest absolute Gasteiger partial charge is 0.344 e. The van der Waals surface area contributed by atoms with Crippen LogP contribution in [0.1, 0.15) is 75.6 Å². The maximum absolute atomic E-state index is 14.7. The summed E-state index contributed by atoms with van der Waals surface area (Å²) < 4.78 is 129. The van der Waals surface area contributed by atoms with Gasteiger partial charge in [-0.25, -0.2) is 8.42 Å². The molecule has 0 radical (unpaired) electrons. The van der Waals surface area contributed by atoms with E-state index in [0.717, 1.165) is 62.5 Å². The van der Waals surface area contributed by atoms with Gasteiger partial charge < -0.3 is 4.90 Å². The lowest BCUT2D eigenvalue weighted by Gasteiger charge is -2.27. The number of fused-ring (bicyclic) bond motifs is 7. The molecule has 0 saturated heterocycles. The molecule has 0 amide bonds. The van der Waals surface area contributed by atoms with Crippen LogP contribution >= 0.6 is 0 Å². The molecule has 0 unspecified atom stereocenters. The Kier molecular flexibility index (Phi) is 12.8. The number of sulfonamides is 1. The van der Waals surface area contributed by atoms with E-state index in [1.54, 1.807) is 36.4 Å². The second-order valence-corrected chi connectivity index (χ2v) is 22.9. The normalized spacial score (nSPS) is 18.1. The summed E-state index contributed by atoms with van der Waals surface area (Å²) in [7, 11) is -11.8. The maximum Gasteiger partial charge on any atom is 0.516 e. The molecule has 5 aromatic carbocycles. The first-order valence-electron chi connectivity index (χ1n) is 22.1. The van der Waals surface area contributed by atoms with Crippen molar-refractivity contribution in [3.8, 4) is 0 Å². The zero-order valence-electron chi connectivity index (χ0n) is 37.8. The van der Waals surface area contributed by atoms with E-state index >= 15 is 0 Å². The van der Waals surface area contributed by atoms with E-state index in [0.29, 0.717) is 47.8 Å². The fraction of sp³-hybridized carbons (Fsp3) is 0.314. The summed E-state index contributed by atoms with van der Waals surface area (Å²) >= 11 is 0. The Balaban J connectivity index is 1.32. The average Bonchev–Trinajstić information content (AvgIpc) is 3.78. The van der Waals surface area contributed by atoms with Crippen molar-refractivity contribution in [3.05, 3.63) is 155 Å². The molecule has 0 bridgehead atoms. The lowest BCUT2D eigenvalue weighted by atomic mass is 9.79. The minimum absolute atomic E-state index is 0.0340. The first kappa shape index (κ1) is 47.9. The number of thiol groups is 1. The Morgan fingerprint density at radius 3 is 1.99 bits per heavy atom. The van der Waals surface area contributed by atoms with Crippen LogP contribution in [-0.2, 0) is 41.7 Å². The second-order valence-electron chi connectivity index (χ2n) is 18.2. The molecule has 67 heavy (non-hydrogen) atoms. The van der Waals surface area contributed by atoms with Gasteiger partial charge in [0.25, 0.3) is 10.1 Å². The van der Waals surface area contributed by atoms with Crippen molar-refractivity contribution in [1.82, 2.24) is 4.31 Å². The highest BCUT2D eigenvalue weighted by Gasteiger charge is 2.51. The van der Waals surface area contributed by atoms with Gasteiger partial charge in [-0.05, 0) is 95.6 Å². The first-order valence-corrected chi connectivity index (χ1v) is 26.5. The van der Waals surface area contributed by atoms with Crippen LogP contribution in [0, 0.1) is 0 Å². The van der Waals surface area contributed by atoms with Gasteiger partial charge in [-0.3, -0.25) is 8.86 Å². The van der Waals surface area contributed by atoms with Crippen LogP contribution in [0.5, 0.6) is 0 Å². The van der Waals surface area contributed by atoms with Crippen molar-refractivity contribution in [2.75, 3.05) is 36.5 Å². The van der Waals surface area contributed by atoms with Crippen LogP contribution in [0.4, 0.5) is 24.5 Å². The summed E-state index contributed by atoms with van der Waals surface area (Å²) in [5, 5.41) is 4.05. The van der Waals surface area contributed by atoms with Gasteiger partial charge in [-0.15, -0.1) is 0 Å². The molecule has 16 heteroatoms. The predicted molar refractivity (Wildman–Crippen MR) is 262 cm³/mol. The molecule has 0 spiro atoms. The molecule has 2 aliphatic heterocycles. The van der Waals surface area contributed by atoms with Gasteiger partial charge in [0.1, 0.15) is 17.2 Å². The quantitative estimate of drug-likeness (QED) is 0.0459. The number of hydrogen-bond donors (Lipinski definition) is 2. The number of nitrogens with zero attached hydrogens (tertiary/aromatic N) is 3. The molecule has 5 aromatic rings. The van der Waals surface area contributed by atoms with E-state index in [2.05, 4.69) is 23.3 Å². The van der Waals surface area contributed by atoms with Gasteiger partial charge in [0.2, 0.25) is 5.69 Å². The number of alkyl halides is 3. The SMILES string of the molecule is CN(C1=C(/C=C/C2=[N+](CCCC[SH](=O)=O)c3ccc4ccccc4c3C2(C)C)c2ccccc2/C1=C\C=C1\N(CCCCS(=O)(=O)O)c2ccc3ccccc3c2C1(C)C)S(=O)(=O)C(F)(F)F. The topological polar surface area (TPSA) is 132 Å². The zero-order chi connectivity index (χ0) is 48.3. The van der Waals surface area contributed by atoms with Crippen molar-refractivity contribution in [3.63, 3.8) is 0 Å². The van der Waals surface area contributed by atoms with Crippen LogP contribution in [0.2, 0.25) is 0 Å². The molecule has 10 nitrogen and oxygen atoms in total. The van der Waals surface area contributed by atoms with Crippen molar-refractivity contribution >= 4 is 80.6 Å². The Hall–Kier alpha value is -5.55. The number of anilines is 1. The third-order valence-electron chi connectivity index (χ3n) is 13.3. The van der Waals surface area contributed by atoms with Crippen LogP contribution in [0.3, 0.4) is 0 Å². The number of halogens is 3. The fourth-order valence-corrected chi connectivity index (χ4v) is 12.0. The summed E-state index contributed by atoms with van der Waals surface area (Å²) in [6.45, 7) is 9.04. The van der Waals surface area contributed by atoms with Gasteiger partial charge in [-0.2, -0.15) is 34.6 Å². The third kappa shape index (κ3) is 8.77. The predicted octanol–water partition coefficient (Wildman–Crippen LogP) is 10.3. The molecule has 0 atom stereocenters. The number of likely N-dealkylation sites (N-methyl/N-ethyl adjacent to an activating group) is 1. The maximum atomic E-state index is 14.7. The average molecular weight is 973 g/mol. The number of rotatable bonds is 15. The molecular weight excluding hydrogens is 920 g/mol. The Bertz CT molecular complexity index is 3300. The van der Waals surface area contributed by atoms with E-state index in [9.17, 15) is 43.0 Å². The van der Waals surface area contributed by atoms with Gasteiger partial charge >= 0.3 is 15.5 Å². The summed E-state index contributed by atoms with van der Waals surface area (Å²) in [4.78, 5) is 2.06. The van der Waals surface area contributed by atoms with Crippen LogP contribution in [-0.4, -0.2) is 81.5 Å². The summed E-state index contributed by atoms with van der Waals surface area (Å²) in [5.41, 5.74) is -0.201. The molecule has 8 rings (SSSR count). The van der Waals surface area contributed by atoms with E-state index in [4.69, 9.17) is 0 Å². The molecule has 0 aromatic heterocycles. The lowest BCUT2D eigenvalue weighted by Crippen LogP contribution is -2.37. The highest BCUT2D eigenvalue weighted by Crippen LogP contribution is 2.52. The monoisotopic (exact) mass is 972 g/mol. The number of unbranched alkanes of at least 4 members (excludes halogenated alkanes) is 2. The highest BCUT2D eigenvalue weighted by atomic mass is 32.2. The van der Waals surface area contributed by atoms with Crippen LogP contribution in [0.25, 0.3) is 32.7 Å². The van der Waals surface area contributed by atoms with Gasteiger partial charge in [0.05, 0.1) is 16.9 Å². The highest BCUT2D eigenvalue weighted by molar-refractivity contribution is 7.90. The zero-order valence-corrected chi connectivity index (χ0v) is 40.4. The standard InChI is InChI=1S/C51H52F3N3O7S3/c1-49(2)44(56(30-12-14-32-65(58)59)42-26-22-34-16-6-8-18-36(34)46(42)49)28-24-40-38-20-10-11-21-39(38)41(48(40)55(5)67(63,64)51(52,53)54)25-29-45-50(3,4)47-37-19-9-7-17-35(37)23-27-43(47)57(45)31-13-15-33-66(60,61)62/h6-11,16-29,65H,12-15,30-33H2,1-5H3/p+1. The fourth-order valence-electron chi connectivity index (χ4n) is 10.2. The second kappa shape index (κ2) is 17.8. The van der Waals surface area contributed by atoms with Crippen LogP contribution < -0.4 is 4.90 Å². The first-order chi connectivity index (χ1) is 31.6. The summed E-state index contributed by atoms with van der Waals surface area (Å²) in [6, 6.07) is 31.0. The molecule has 2 heterocycles. The van der Waals surface area contributed by atoms with Crippen LogP contribution in [0.15, 0.2) is 133 Å².